The molecule has 16 heavy (non-hydrogen) atoms. The lowest BCUT2D eigenvalue weighted by Crippen LogP contribution is -1.94. The van der Waals surface area contributed by atoms with Gasteiger partial charge in [0.2, 0.25) is 0 Å². The van der Waals surface area contributed by atoms with Crippen molar-refractivity contribution in [2.24, 2.45) is 0 Å². The minimum absolute atomic E-state index is 0.421. The molecule has 1 heterocycles. The quantitative estimate of drug-likeness (QED) is 0.687. The second-order valence-corrected chi connectivity index (χ2v) is 4.89. The van der Waals surface area contributed by atoms with Gasteiger partial charge in [0.1, 0.15) is 0 Å². The summed E-state index contributed by atoms with van der Waals surface area (Å²) in [6.45, 7) is 1.95. The molecule has 1 aromatic carbocycles. The van der Waals surface area contributed by atoms with Crippen LogP contribution in [0.25, 0.3) is 0 Å². The Morgan fingerprint density at radius 2 is 1.94 bits per heavy atom. The van der Waals surface area contributed by atoms with E-state index in [2.05, 4.69) is 0 Å². The third kappa shape index (κ3) is 2.11. The molecule has 0 amide bonds. The van der Waals surface area contributed by atoms with E-state index in [1.165, 1.54) is 17.4 Å². The van der Waals surface area contributed by atoms with E-state index in [9.17, 15) is 8.78 Å². The van der Waals surface area contributed by atoms with E-state index in [4.69, 9.17) is 11.6 Å². The second kappa shape index (κ2) is 4.52. The van der Waals surface area contributed by atoms with E-state index in [1.54, 1.807) is 0 Å². The van der Waals surface area contributed by atoms with Crippen molar-refractivity contribution < 1.29 is 8.78 Å². The maximum atomic E-state index is 13.1. The van der Waals surface area contributed by atoms with Gasteiger partial charge in [0, 0.05) is 4.88 Å². The van der Waals surface area contributed by atoms with Crippen molar-refractivity contribution in [3.05, 3.63) is 57.3 Å². The first kappa shape index (κ1) is 11.6. The normalized spacial score (nSPS) is 12.8. The molecule has 0 N–H and O–H groups in total. The molecule has 0 aliphatic carbocycles. The Bertz CT molecular complexity index is 507. The summed E-state index contributed by atoms with van der Waals surface area (Å²) >= 11 is 7.74. The number of benzene rings is 1. The van der Waals surface area contributed by atoms with Gasteiger partial charge < -0.3 is 0 Å². The molecule has 0 fully saturated rings. The van der Waals surface area contributed by atoms with Crippen LogP contribution in [0.15, 0.2) is 29.6 Å². The maximum Gasteiger partial charge on any atom is 0.159 e. The Labute approximate surface area is 101 Å². The van der Waals surface area contributed by atoms with Gasteiger partial charge in [-0.25, -0.2) is 8.78 Å². The van der Waals surface area contributed by atoms with Crippen molar-refractivity contribution in [3.8, 4) is 0 Å². The van der Waals surface area contributed by atoms with Gasteiger partial charge in [0.25, 0.3) is 0 Å². The zero-order chi connectivity index (χ0) is 11.7. The molecular weight excluding hydrogens is 250 g/mol. The minimum atomic E-state index is -0.864. The smallest absolute Gasteiger partial charge is 0.159 e. The summed E-state index contributed by atoms with van der Waals surface area (Å²) in [5.41, 5.74) is 1.64. The molecule has 1 unspecified atom stereocenters. The number of hydrogen-bond acceptors (Lipinski definition) is 1. The van der Waals surface area contributed by atoms with Crippen LogP contribution in [0.5, 0.6) is 0 Å². The average molecular weight is 259 g/mol. The van der Waals surface area contributed by atoms with Gasteiger partial charge in [-0.1, -0.05) is 6.07 Å². The molecule has 4 heteroatoms. The zero-order valence-electron chi connectivity index (χ0n) is 8.51. The summed E-state index contributed by atoms with van der Waals surface area (Å²) in [7, 11) is 0. The summed E-state index contributed by atoms with van der Waals surface area (Å²) in [6, 6.07) is 5.71. The minimum Gasteiger partial charge on any atom is -0.204 e. The van der Waals surface area contributed by atoms with E-state index >= 15 is 0 Å². The molecule has 2 aromatic rings. The molecule has 0 aliphatic heterocycles. The topological polar surface area (TPSA) is 0 Å². The highest BCUT2D eigenvalue weighted by molar-refractivity contribution is 7.10. The van der Waals surface area contributed by atoms with E-state index < -0.39 is 17.0 Å². The first-order valence-corrected chi connectivity index (χ1v) is 6.04. The lowest BCUT2D eigenvalue weighted by molar-refractivity contribution is 0.507. The monoisotopic (exact) mass is 258 g/mol. The molecule has 0 radical (unpaired) electrons. The van der Waals surface area contributed by atoms with Gasteiger partial charge in [0.05, 0.1) is 5.38 Å². The zero-order valence-corrected chi connectivity index (χ0v) is 10.1. The number of alkyl halides is 1. The third-order valence-electron chi connectivity index (χ3n) is 2.37. The van der Waals surface area contributed by atoms with Gasteiger partial charge in [-0.2, -0.15) is 0 Å². The number of hydrogen-bond donors (Lipinski definition) is 0. The number of rotatable bonds is 2. The van der Waals surface area contributed by atoms with Gasteiger partial charge in [-0.05, 0) is 41.6 Å². The average Bonchev–Trinajstić information content (AvgIpc) is 2.67. The largest absolute Gasteiger partial charge is 0.204 e. The maximum absolute atomic E-state index is 13.1. The summed E-state index contributed by atoms with van der Waals surface area (Å²) in [6.07, 6.45) is 0. The highest BCUT2D eigenvalue weighted by Crippen LogP contribution is 2.34. The van der Waals surface area contributed by atoms with Crippen molar-refractivity contribution in [2.75, 3.05) is 0 Å². The van der Waals surface area contributed by atoms with E-state index in [0.717, 1.165) is 22.6 Å². The Morgan fingerprint density at radius 1 is 1.19 bits per heavy atom. The molecule has 1 aromatic heterocycles. The highest BCUT2D eigenvalue weighted by atomic mass is 35.5. The molecule has 0 nitrogen and oxygen atoms in total. The van der Waals surface area contributed by atoms with E-state index in [-0.39, 0.29) is 0 Å². The number of thiophene rings is 1. The summed E-state index contributed by atoms with van der Waals surface area (Å²) in [4.78, 5) is 0.965. The van der Waals surface area contributed by atoms with Crippen molar-refractivity contribution in [1.82, 2.24) is 0 Å². The van der Waals surface area contributed by atoms with Gasteiger partial charge in [0.15, 0.2) is 11.6 Å². The fraction of sp³-hybridized carbons (Fsp3) is 0.167. The Hall–Kier alpha value is -0.930. The number of aryl methyl sites for hydroxylation is 1. The van der Waals surface area contributed by atoms with Crippen LogP contribution >= 0.6 is 22.9 Å². The fourth-order valence-electron chi connectivity index (χ4n) is 1.47. The Morgan fingerprint density at radius 3 is 2.50 bits per heavy atom. The molecule has 2 rings (SSSR count). The molecule has 1 atom stereocenters. The molecule has 0 spiro atoms. The van der Waals surface area contributed by atoms with Crippen LogP contribution in [-0.2, 0) is 0 Å². The number of halogens is 3. The molecular formula is C12H9ClF2S. The van der Waals surface area contributed by atoms with Crippen LogP contribution in [0, 0.1) is 18.6 Å². The third-order valence-corrected chi connectivity index (χ3v) is 4.05. The van der Waals surface area contributed by atoms with E-state index in [1.807, 2.05) is 18.4 Å². The lowest BCUT2D eigenvalue weighted by atomic mass is 10.1. The van der Waals surface area contributed by atoms with E-state index in [0.29, 0.717) is 5.56 Å². The predicted molar refractivity (Wildman–Crippen MR) is 63.1 cm³/mol. The Balaban J connectivity index is 2.38. The SMILES string of the molecule is Cc1ccsc1C(Cl)c1ccc(F)c(F)c1. The highest BCUT2D eigenvalue weighted by Gasteiger charge is 2.16. The Kier molecular flexibility index (Phi) is 3.26. The molecule has 84 valence electrons. The van der Waals surface area contributed by atoms with Crippen LogP contribution in [0.2, 0.25) is 0 Å². The fourth-order valence-corrected chi connectivity index (χ4v) is 2.86. The van der Waals surface area contributed by atoms with Crippen molar-refractivity contribution in [3.63, 3.8) is 0 Å². The molecule has 0 bridgehead atoms. The summed E-state index contributed by atoms with van der Waals surface area (Å²) < 4.78 is 25.8. The lowest BCUT2D eigenvalue weighted by Gasteiger charge is -2.09. The first-order chi connectivity index (χ1) is 7.59. The summed E-state index contributed by atoms with van der Waals surface area (Å²) in [5, 5.41) is 1.51. The van der Waals surface area contributed by atoms with Gasteiger partial charge in [-0.3, -0.25) is 0 Å². The van der Waals surface area contributed by atoms with Crippen molar-refractivity contribution in [2.45, 2.75) is 12.3 Å². The van der Waals surface area contributed by atoms with Crippen molar-refractivity contribution >= 4 is 22.9 Å². The second-order valence-electron chi connectivity index (χ2n) is 3.50. The van der Waals surface area contributed by atoms with Gasteiger partial charge >= 0.3 is 0 Å². The van der Waals surface area contributed by atoms with Crippen LogP contribution in [0.3, 0.4) is 0 Å². The van der Waals surface area contributed by atoms with Crippen molar-refractivity contribution in [1.29, 1.82) is 0 Å². The molecule has 0 saturated heterocycles. The first-order valence-electron chi connectivity index (χ1n) is 4.72. The standard InChI is InChI=1S/C12H9ClF2S/c1-7-4-5-16-12(7)11(13)8-2-3-9(14)10(15)6-8/h2-6,11H,1H3. The summed E-state index contributed by atoms with van der Waals surface area (Å²) in [5.74, 6) is -1.71. The molecule has 0 aliphatic rings. The predicted octanol–water partition coefficient (Wildman–Crippen LogP) is 4.66. The van der Waals surface area contributed by atoms with Gasteiger partial charge in [-0.15, -0.1) is 22.9 Å². The van der Waals surface area contributed by atoms with Crippen LogP contribution < -0.4 is 0 Å². The van der Waals surface area contributed by atoms with Crippen LogP contribution in [0.1, 0.15) is 21.4 Å². The van der Waals surface area contributed by atoms with Crippen LogP contribution in [-0.4, -0.2) is 0 Å². The van der Waals surface area contributed by atoms with Crippen LogP contribution in [0.4, 0.5) is 8.78 Å². The molecule has 0 saturated carbocycles.